The summed E-state index contributed by atoms with van der Waals surface area (Å²) in [5.41, 5.74) is 13.0. The Bertz CT molecular complexity index is 608. The van der Waals surface area contributed by atoms with Gasteiger partial charge < -0.3 is 16.0 Å². The van der Waals surface area contributed by atoms with Gasteiger partial charge in [0, 0.05) is 44.6 Å². The van der Waals surface area contributed by atoms with Crippen LogP contribution in [-0.4, -0.2) is 33.4 Å². The molecule has 0 aliphatic heterocycles. The van der Waals surface area contributed by atoms with Crippen LogP contribution in [-0.2, 0) is 24.8 Å². The van der Waals surface area contributed by atoms with Crippen LogP contribution >= 0.6 is 0 Å². The molecule has 0 unspecified atom stereocenters. The Morgan fingerprint density at radius 3 is 2.76 bits per heavy atom. The molecule has 0 aliphatic rings. The zero-order valence-corrected chi connectivity index (χ0v) is 12.2. The van der Waals surface area contributed by atoms with Gasteiger partial charge in [-0.2, -0.15) is 0 Å². The van der Waals surface area contributed by atoms with Gasteiger partial charge in [0.05, 0.1) is 6.54 Å². The summed E-state index contributed by atoms with van der Waals surface area (Å²) < 4.78 is 1.97. The molecule has 0 fully saturated rings. The van der Waals surface area contributed by atoms with E-state index in [-0.39, 0.29) is 12.5 Å². The molecule has 0 atom stereocenters. The summed E-state index contributed by atoms with van der Waals surface area (Å²) in [6, 6.07) is 7.65. The minimum Gasteiger partial charge on any atom is -0.398 e. The maximum Gasteiger partial charge on any atom is 0.231 e. The first kappa shape index (κ1) is 15.1. The molecule has 2 aromatic rings. The molecule has 6 nitrogen and oxygen atoms in total. The van der Waals surface area contributed by atoms with Gasteiger partial charge >= 0.3 is 0 Å². The van der Waals surface area contributed by atoms with E-state index in [9.17, 15) is 4.79 Å². The number of rotatable bonds is 7. The van der Waals surface area contributed by atoms with Crippen LogP contribution in [0.15, 0.2) is 36.7 Å². The number of anilines is 1. The average Bonchev–Trinajstić information content (AvgIpc) is 2.83. The summed E-state index contributed by atoms with van der Waals surface area (Å²) in [5.74, 6) is 0.634. The molecule has 1 amide bonds. The fourth-order valence-electron chi connectivity index (χ4n) is 2.25. The third-order valence-electron chi connectivity index (χ3n) is 3.40. The Hall–Kier alpha value is -2.34. The number of primary amides is 1. The summed E-state index contributed by atoms with van der Waals surface area (Å²) in [4.78, 5) is 17.5. The van der Waals surface area contributed by atoms with E-state index in [1.807, 2.05) is 47.0 Å². The second-order valence-corrected chi connectivity index (χ2v) is 5.08. The Kier molecular flexibility index (Phi) is 4.94. The number of para-hydroxylation sites is 1. The zero-order chi connectivity index (χ0) is 15.2. The average molecular weight is 287 g/mol. The SMILES string of the molecule is Cn1ccnc1CCN(CC(N)=O)Cc1ccccc1N. The maximum absolute atomic E-state index is 11.2. The van der Waals surface area contributed by atoms with Crippen molar-refractivity contribution in [2.45, 2.75) is 13.0 Å². The molecule has 112 valence electrons. The number of aromatic nitrogens is 2. The third kappa shape index (κ3) is 4.32. The van der Waals surface area contributed by atoms with Crippen LogP contribution in [0.3, 0.4) is 0 Å². The van der Waals surface area contributed by atoms with E-state index in [4.69, 9.17) is 11.5 Å². The van der Waals surface area contributed by atoms with Crippen LogP contribution in [0.5, 0.6) is 0 Å². The molecule has 2 rings (SSSR count). The molecule has 1 heterocycles. The van der Waals surface area contributed by atoms with Crippen LogP contribution in [0, 0.1) is 0 Å². The van der Waals surface area contributed by atoms with Crippen molar-refractivity contribution in [3.8, 4) is 0 Å². The highest BCUT2D eigenvalue weighted by Crippen LogP contribution is 2.13. The van der Waals surface area contributed by atoms with E-state index in [1.165, 1.54) is 0 Å². The number of hydrogen-bond acceptors (Lipinski definition) is 4. The molecule has 21 heavy (non-hydrogen) atoms. The Balaban J connectivity index is 2.02. The molecule has 0 spiro atoms. The van der Waals surface area contributed by atoms with Crippen molar-refractivity contribution < 1.29 is 4.79 Å². The molecule has 6 heteroatoms. The van der Waals surface area contributed by atoms with Crippen LogP contribution in [0.1, 0.15) is 11.4 Å². The molecule has 0 saturated heterocycles. The Morgan fingerprint density at radius 1 is 1.38 bits per heavy atom. The molecular formula is C15H21N5O. The number of nitrogen functional groups attached to an aromatic ring is 1. The number of nitrogens with zero attached hydrogens (tertiary/aromatic N) is 3. The van der Waals surface area contributed by atoms with E-state index in [0.29, 0.717) is 13.1 Å². The highest BCUT2D eigenvalue weighted by Gasteiger charge is 2.12. The van der Waals surface area contributed by atoms with Crippen molar-refractivity contribution in [2.24, 2.45) is 12.8 Å². The summed E-state index contributed by atoms with van der Waals surface area (Å²) in [6.07, 6.45) is 4.43. The first-order chi connectivity index (χ1) is 10.1. The number of nitrogens with two attached hydrogens (primary N) is 2. The number of hydrogen-bond donors (Lipinski definition) is 2. The molecule has 1 aromatic heterocycles. The molecule has 0 saturated carbocycles. The van der Waals surface area contributed by atoms with Gasteiger partial charge in [0.2, 0.25) is 5.91 Å². The highest BCUT2D eigenvalue weighted by molar-refractivity contribution is 5.75. The quantitative estimate of drug-likeness (QED) is 0.727. The minimum atomic E-state index is -0.343. The normalized spacial score (nSPS) is 11.0. The smallest absolute Gasteiger partial charge is 0.231 e. The van der Waals surface area contributed by atoms with Crippen LogP contribution in [0.4, 0.5) is 5.69 Å². The lowest BCUT2D eigenvalue weighted by atomic mass is 10.1. The van der Waals surface area contributed by atoms with E-state index >= 15 is 0 Å². The van der Waals surface area contributed by atoms with Gasteiger partial charge in [-0.05, 0) is 11.6 Å². The maximum atomic E-state index is 11.2. The van der Waals surface area contributed by atoms with Crippen molar-refractivity contribution >= 4 is 11.6 Å². The monoisotopic (exact) mass is 287 g/mol. The van der Waals surface area contributed by atoms with Gasteiger partial charge in [-0.1, -0.05) is 18.2 Å². The number of amides is 1. The molecule has 4 N–H and O–H groups in total. The van der Waals surface area contributed by atoms with E-state index in [0.717, 1.165) is 23.5 Å². The summed E-state index contributed by atoms with van der Waals surface area (Å²) in [6.45, 7) is 1.50. The second kappa shape index (κ2) is 6.90. The van der Waals surface area contributed by atoms with Crippen molar-refractivity contribution in [1.29, 1.82) is 0 Å². The minimum absolute atomic E-state index is 0.207. The molecule has 0 radical (unpaired) electrons. The van der Waals surface area contributed by atoms with Gasteiger partial charge in [-0.15, -0.1) is 0 Å². The van der Waals surface area contributed by atoms with Crippen LogP contribution in [0.25, 0.3) is 0 Å². The lowest BCUT2D eigenvalue weighted by molar-refractivity contribution is -0.119. The number of benzene rings is 1. The van der Waals surface area contributed by atoms with E-state index < -0.39 is 0 Å². The molecular weight excluding hydrogens is 266 g/mol. The van der Waals surface area contributed by atoms with Crippen molar-refractivity contribution in [1.82, 2.24) is 14.5 Å². The molecule has 0 aliphatic carbocycles. The Labute approximate surface area is 124 Å². The summed E-state index contributed by atoms with van der Waals surface area (Å²) in [7, 11) is 1.95. The van der Waals surface area contributed by atoms with Crippen molar-refractivity contribution in [2.75, 3.05) is 18.8 Å². The standard InChI is InChI=1S/C15H21N5O/c1-19-9-7-18-15(19)6-8-20(11-14(17)21)10-12-4-2-3-5-13(12)16/h2-5,7,9H,6,8,10-11,16H2,1H3,(H2,17,21). The van der Waals surface area contributed by atoms with Gasteiger partial charge in [0.25, 0.3) is 0 Å². The summed E-state index contributed by atoms with van der Waals surface area (Å²) in [5, 5.41) is 0. The number of carbonyl (C=O) groups excluding carboxylic acids is 1. The molecule has 1 aromatic carbocycles. The van der Waals surface area contributed by atoms with Crippen LogP contribution in [0.2, 0.25) is 0 Å². The van der Waals surface area contributed by atoms with E-state index in [2.05, 4.69) is 4.98 Å². The predicted octanol–water partition coefficient (Wildman–Crippen LogP) is 0.532. The molecule has 0 bridgehead atoms. The van der Waals surface area contributed by atoms with E-state index in [1.54, 1.807) is 6.20 Å². The predicted molar refractivity (Wildman–Crippen MR) is 82.2 cm³/mol. The Morgan fingerprint density at radius 2 is 2.14 bits per heavy atom. The fraction of sp³-hybridized carbons (Fsp3) is 0.333. The number of aryl methyl sites for hydroxylation is 1. The van der Waals surface area contributed by atoms with Crippen molar-refractivity contribution in [3.05, 3.63) is 48.0 Å². The first-order valence-electron chi connectivity index (χ1n) is 6.86. The van der Waals surface area contributed by atoms with Crippen molar-refractivity contribution in [3.63, 3.8) is 0 Å². The second-order valence-electron chi connectivity index (χ2n) is 5.08. The van der Waals surface area contributed by atoms with Gasteiger partial charge in [-0.25, -0.2) is 4.98 Å². The van der Waals surface area contributed by atoms with Gasteiger partial charge in [0.15, 0.2) is 0 Å². The van der Waals surface area contributed by atoms with Gasteiger partial charge in [-0.3, -0.25) is 9.69 Å². The lowest BCUT2D eigenvalue weighted by Gasteiger charge is -2.21. The third-order valence-corrected chi connectivity index (χ3v) is 3.40. The number of imidazole rings is 1. The fourth-order valence-corrected chi connectivity index (χ4v) is 2.25. The topological polar surface area (TPSA) is 90.2 Å². The van der Waals surface area contributed by atoms with Gasteiger partial charge in [0.1, 0.15) is 5.82 Å². The summed E-state index contributed by atoms with van der Waals surface area (Å²) >= 11 is 0. The largest absolute Gasteiger partial charge is 0.398 e. The highest BCUT2D eigenvalue weighted by atomic mass is 16.1. The van der Waals surface area contributed by atoms with Crippen LogP contribution < -0.4 is 11.5 Å². The number of carbonyl (C=O) groups is 1. The zero-order valence-electron chi connectivity index (χ0n) is 12.2. The lowest BCUT2D eigenvalue weighted by Crippen LogP contribution is -2.35. The first-order valence-corrected chi connectivity index (χ1v) is 6.86.